The van der Waals surface area contributed by atoms with Crippen molar-refractivity contribution in [1.29, 1.82) is 0 Å². The van der Waals surface area contributed by atoms with Gasteiger partial charge in [0.25, 0.3) is 0 Å². The summed E-state index contributed by atoms with van der Waals surface area (Å²) >= 11 is 0. The Morgan fingerprint density at radius 1 is 0.500 bits per heavy atom. The van der Waals surface area contributed by atoms with Crippen molar-refractivity contribution in [3.8, 4) is 0 Å². The number of hydrogen-bond acceptors (Lipinski definition) is 3. The average Bonchev–Trinajstić information content (AvgIpc) is 3.73. The molecule has 0 amide bonds. The summed E-state index contributed by atoms with van der Waals surface area (Å²) in [5.41, 5.74) is 1.41. The Balaban J connectivity index is 0.00000294. The first-order chi connectivity index (χ1) is 17.4. The van der Waals surface area contributed by atoms with Crippen LogP contribution in [-0.2, 0) is 14.2 Å². The van der Waals surface area contributed by atoms with Crippen molar-refractivity contribution in [2.75, 3.05) is 19.0 Å². The Morgan fingerprint density at radius 2 is 0.763 bits per heavy atom. The van der Waals surface area contributed by atoms with Crippen molar-refractivity contribution in [1.82, 2.24) is 0 Å². The predicted octanol–water partition coefficient (Wildman–Crippen LogP) is 9.02. The molecule has 3 nitrogen and oxygen atoms in total. The number of fused-ring (bicyclic) bond motifs is 3. The van der Waals surface area contributed by atoms with E-state index in [0.717, 1.165) is 54.6 Å². The van der Waals surface area contributed by atoms with Gasteiger partial charge in [-0.2, -0.15) is 0 Å². The van der Waals surface area contributed by atoms with E-state index < -0.39 is 7.92 Å². The zero-order valence-corrected chi connectivity index (χ0v) is 27.6. The van der Waals surface area contributed by atoms with Gasteiger partial charge in [-0.05, 0) is 116 Å². The van der Waals surface area contributed by atoms with E-state index in [1.807, 2.05) is 0 Å². The average molecular weight is 569 g/mol. The van der Waals surface area contributed by atoms with Crippen LogP contribution in [0.15, 0.2) is 0 Å². The van der Waals surface area contributed by atoms with Gasteiger partial charge in [-0.25, -0.2) is 0 Å². The van der Waals surface area contributed by atoms with E-state index in [0.29, 0.717) is 52.3 Å². The van der Waals surface area contributed by atoms with Crippen molar-refractivity contribution < 1.29 is 14.2 Å². The summed E-state index contributed by atoms with van der Waals surface area (Å²) in [4.78, 5) is 0. The maximum Gasteiger partial charge on any atom is 0.0707 e. The lowest BCUT2D eigenvalue weighted by Crippen LogP contribution is -2.32. The fourth-order valence-electron chi connectivity index (χ4n) is 10.3. The van der Waals surface area contributed by atoms with Crippen LogP contribution in [-0.4, -0.2) is 37.4 Å². The molecule has 6 fully saturated rings. The SMILES string of the molecule is CC1CCC2C(C1OCP(COC1C(C)CCC3C1C3(C)C)COC1C(C)CCC3C1C3(C)C)C2(C)C.Cl. The van der Waals surface area contributed by atoms with E-state index in [1.165, 1.54) is 38.5 Å². The lowest BCUT2D eigenvalue weighted by atomic mass is 9.88. The van der Waals surface area contributed by atoms with Gasteiger partial charge in [0.15, 0.2) is 0 Å². The highest BCUT2D eigenvalue weighted by Gasteiger charge is 2.65. The molecular weight excluding hydrogens is 511 g/mol. The summed E-state index contributed by atoms with van der Waals surface area (Å²) in [5.74, 6) is 6.94. The van der Waals surface area contributed by atoms with Gasteiger partial charge in [0.2, 0.25) is 0 Å². The molecule has 38 heavy (non-hydrogen) atoms. The first-order valence-electron chi connectivity index (χ1n) is 15.9. The Morgan fingerprint density at radius 3 is 1.03 bits per heavy atom. The van der Waals surface area contributed by atoms with Crippen molar-refractivity contribution in [3.05, 3.63) is 0 Å². The van der Waals surface area contributed by atoms with Crippen LogP contribution in [0.5, 0.6) is 0 Å². The molecule has 0 spiro atoms. The Kier molecular flexibility index (Phi) is 8.23. The topological polar surface area (TPSA) is 27.7 Å². The van der Waals surface area contributed by atoms with E-state index in [4.69, 9.17) is 14.2 Å². The molecule has 0 saturated heterocycles. The molecule has 6 rings (SSSR count). The highest BCUT2D eigenvalue weighted by atomic mass is 35.5. The summed E-state index contributed by atoms with van der Waals surface area (Å²) < 4.78 is 20.7. The summed E-state index contributed by atoms with van der Waals surface area (Å²) in [6, 6.07) is 0. The smallest absolute Gasteiger partial charge is 0.0707 e. The van der Waals surface area contributed by atoms with Crippen molar-refractivity contribution >= 4 is 20.3 Å². The Hall–Kier alpha value is 0.600. The fourth-order valence-corrected chi connectivity index (χ4v) is 11.7. The van der Waals surface area contributed by atoms with Gasteiger partial charge in [-0.3, -0.25) is 0 Å². The Labute approximate surface area is 241 Å². The molecule has 12 unspecified atom stereocenters. The predicted molar refractivity (Wildman–Crippen MR) is 161 cm³/mol. The molecule has 6 aliphatic carbocycles. The van der Waals surface area contributed by atoms with Crippen LogP contribution >= 0.6 is 20.3 Å². The van der Waals surface area contributed by atoms with Crippen LogP contribution < -0.4 is 0 Å². The molecule has 220 valence electrons. The quantitative estimate of drug-likeness (QED) is 0.260. The molecule has 6 aliphatic rings. The highest BCUT2D eigenvalue weighted by Crippen LogP contribution is 2.69. The van der Waals surface area contributed by atoms with Gasteiger partial charge >= 0.3 is 0 Å². The van der Waals surface area contributed by atoms with Crippen LogP contribution in [0.2, 0.25) is 0 Å². The summed E-state index contributed by atoms with van der Waals surface area (Å²) in [5, 5.41) is 0. The van der Waals surface area contributed by atoms with E-state index >= 15 is 0 Å². The largest absolute Gasteiger partial charge is 0.373 e. The van der Waals surface area contributed by atoms with E-state index in [-0.39, 0.29) is 12.4 Å². The van der Waals surface area contributed by atoms with E-state index in [9.17, 15) is 0 Å². The second-order valence-corrected chi connectivity index (χ2v) is 18.6. The molecule has 0 aromatic carbocycles. The number of rotatable bonds is 9. The van der Waals surface area contributed by atoms with Crippen LogP contribution in [0.1, 0.15) is 101 Å². The highest BCUT2D eigenvalue weighted by molar-refractivity contribution is 7.57. The first-order valence-corrected chi connectivity index (χ1v) is 17.8. The third kappa shape index (κ3) is 4.97. The van der Waals surface area contributed by atoms with Gasteiger partial charge in [0.05, 0.1) is 37.4 Å². The van der Waals surface area contributed by atoms with Gasteiger partial charge in [0.1, 0.15) is 0 Å². The summed E-state index contributed by atoms with van der Waals surface area (Å²) in [6.45, 7) is 22.1. The van der Waals surface area contributed by atoms with Crippen LogP contribution in [0, 0.1) is 69.5 Å². The molecule has 0 heterocycles. The lowest BCUT2D eigenvalue weighted by molar-refractivity contribution is -0.0151. The molecule has 0 N–H and O–H groups in total. The molecule has 0 bridgehead atoms. The Bertz CT molecular complexity index is 750. The summed E-state index contributed by atoms with van der Waals surface area (Å²) in [7, 11) is -0.453. The molecule has 5 heteroatoms. The van der Waals surface area contributed by atoms with E-state index in [1.54, 1.807) is 0 Å². The molecule has 0 aromatic heterocycles. The van der Waals surface area contributed by atoms with Crippen LogP contribution in [0.4, 0.5) is 0 Å². The molecule has 0 aliphatic heterocycles. The van der Waals surface area contributed by atoms with Crippen LogP contribution in [0.25, 0.3) is 0 Å². The molecule has 0 radical (unpaired) electrons. The van der Waals surface area contributed by atoms with Crippen molar-refractivity contribution in [2.24, 2.45) is 69.5 Å². The fraction of sp³-hybridized carbons (Fsp3) is 1.00. The monoisotopic (exact) mass is 568 g/mol. The number of hydrogen-bond donors (Lipinski definition) is 0. The van der Waals surface area contributed by atoms with Gasteiger partial charge in [-0.15, -0.1) is 12.4 Å². The molecule has 0 aromatic rings. The maximum absolute atomic E-state index is 6.91. The first kappa shape index (κ1) is 30.1. The summed E-state index contributed by atoms with van der Waals surface area (Å²) in [6.07, 6.45) is 12.1. The lowest BCUT2D eigenvalue weighted by Gasteiger charge is -2.34. The standard InChI is InChI=1S/C33H57O3P.ClH/c1-19-10-13-22-25(31(22,4)5)28(19)34-16-37(17-35-29-20(2)11-14-23-26(29)32(23,6)7)18-36-30-21(3)12-15-24-27(30)33(24,8)9;/h19-30H,10-18H2,1-9H3;1H. The van der Waals surface area contributed by atoms with Gasteiger partial charge in [0, 0.05) is 0 Å². The zero-order chi connectivity index (χ0) is 26.5. The zero-order valence-electron chi connectivity index (χ0n) is 25.9. The number of halogens is 1. The third-order valence-corrected chi connectivity index (χ3v) is 14.9. The van der Waals surface area contributed by atoms with Gasteiger partial charge < -0.3 is 14.2 Å². The molecular formula is C33H58ClO3P. The molecule has 6 saturated carbocycles. The minimum atomic E-state index is -0.453. The maximum atomic E-state index is 6.91. The van der Waals surface area contributed by atoms with Crippen molar-refractivity contribution in [3.63, 3.8) is 0 Å². The minimum absolute atomic E-state index is 0. The number of ether oxygens (including phenoxy) is 3. The molecule has 12 atom stereocenters. The minimum Gasteiger partial charge on any atom is -0.373 e. The van der Waals surface area contributed by atoms with Crippen LogP contribution in [0.3, 0.4) is 0 Å². The van der Waals surface area contributed by atoms with Crippen molar-refractivity contribution in [2.45, 2.75) is 119 Å². The second-order valence-electron chi connectivity index (χ2n) is 16.5. The van der Waals surface area contributed by atoms with Gasteiger partial charge in [-0.1, -0.05) is 62.3 Å². The third-order valence-electron chi connectivity index (χ3n) is 13.3. The normalized spacial score (nSPS) is 49.5. The second kappa shape index (κ2) is 10.4. The van der Waals surface area contributed by atoms with E-state index in [2.05, 4.69) is 62.3 Å².